The minimum Gasteiger partial charge on any atom is -0.508 e. The van der Waals surface area contributed by atoms with Gasteiger partial charge in [-0.15, -0.1) is 0 Å². The zero-order chi connectivity index (χ0) is 14.4. The molecule has 5 N–H and O–H groups in total. The monoisotopic (exact) mass is 264 g/mol. The normalized spacial score (nSPS) is 11.2. The van der Waals surface area contributed by atoms with Crippen molar-refractivity contribution in [3.8, 4) is 5.75 Å². The van der Waals surface area contributed by atoms with Crippen LogP contribution in [0.15, 0.2) is 17.1 Å². The lowest BCUT2D eigenvalue weighted by Crippen LogP contribution is -2.40. The van der Waals surface area contributed by atoms with Crippen LogP contribution < -0.4 is 16.4 Å². The van der Waals surface area contributed by atoms with Crippen molar-refractivity contribution in [2.75, 3.05) is 11.9 Å². The number of nitrogens with two attached hydrogens (primary N) is 1. The van der Waals surface area contributed by atoms with Crippen molar-refractivity contribution in [3.05, 3.63) is 23.3 Å². The average molecular weight is 264 g/mol. The molecule has 2 amide bonds. The number of nitrogens with zero attached hydrogens (tertiary/aromatic N) is 1. The van der Waals surface area contributed by atoms with Gasteiger partial charge < -0.3 is 16.2 Å². The summed E-state index contributed by atoms with van der Waals surface area (Å²) in [5.41, 5.74) is 7.75. The van der Waals surface area contributed by atoms with Crippen LogP contribution in [0.1, 0.15) is 24.5 Å². The SMILES string of the molecule is CCCN=C(N)NC(=O)Nc1c(C)cc(O)cc1C. The highest BCUT2D eigenvalue weighted by Crippen LogP contribution is 2.25. The number of aryl methyl sites for hydroxylation is 2. The van der Waals surface area contributed by atoms with E-state index < -0.39 is 6.03 Å². The summed E-state index contributed by atoms with van der Waals surface area (Å²) in [5, 5.41) is 14.6. The number of amides is 2. The average Bonchev–Trinajstić information content (AvgIpc) is 2.31. The van der Waals surface area contributed by atoms with Crippen molar-refractivity contribution >= 4 is 17.7 Å². The first-order valence-electron chi connectivity index (χ1n) is 6.12. The number of phenols is 1. The third-order valence-electron chi connectivity index (χ3n) is 2.50. The first-order valence-corrected chi connectivity index (χ1v) is 6.12. The topological polar surface area (TPSA) is 99.7 Å². The van der Waals surface area contributed by atoms with E-state index in [9.17, 15) is 9.90 Å². The molecule has 1 rings (SSSR count). The molecule has 1 aromatic rings. The Morgan fingerprint density at radius 1 is 1.37 bits per heavy atom. The Kier molecular flexibility index (Phi) is 5.17. The maximum atomic E-state index is 11.7. The minimum absolute atomic E-state index is 0.0911. The molecule has 0 saturated heterocycles. The summed E-state index contributed by atoms with van der Waals surface area (Å²) in [6.07, 6.45) is 0.861. The summed E-state index contributed by atoms with van der Waals surface area (Å²) in [4.78, 5) is 15.7. The second-order valence-corrected chi connectivity index (χ2v) is 4.30. The Bertz CT molecular complexity index is 474. The second-order valence-electron chi connectivity index (χ2n) is 4.30. The van der Waals surface area contributed by atoms with E-state index in [-0.39, 0.29) is 11.7 Å². The van der Waals surface area contributed by atoms with Gasteiger partial charge in [-0.1, -0.05) is 6.92 Å². The maximum Gasteiger partial charge on any atom is 0.326 e. The van der Waals surface area contributed by atoms with Gasteiger partial charge in [0.2, 0.25) is 0 Å². The van der Waals surface area contributed by atoms with E-state index in [1.165, 1.54) is 0 Å². The lowest BCUT2D eigenvalue weighted by Gasteiger charge is -2.12. The molecular formula is C13H20N4O2. The molecule has 0 bridgehead atoms. The molecule has 0 unspecified atom stereocenters. The summed E-state index contributed by atoms with van der Waals surface area (Å²) < 4.78 is 0. The molecule has 0 aliphatic heterocycles. The van der Waals surface area contributed by atoms with Gasteiger partial charge in [0.25, 0.3) is 0 Å². The zero-order valence-electron chi connectivity index (χ0n) is 11.4. The van der Waals surface area contributed by atoms with Gasteiger partial charge in [0.15, 0.2) is 5.96 Å². The summed E-state index contributed by atoms with van der Waals surface area (Å²) >= 11 is 0. The number of carbonyl (C=O) groups is 1. The number of anilines is 1. The fourth-order valence-corrected chi connectivity index (χ4v) is 1.67. The highest BCUT2D eigenvalue weighted by atomic mass is 16.3. The van der Waals surface area contributed by atoms with Crippen molar-refractivity contribution < 1.29 is 9.90 Å². The van der Waals surface area contributed by atoms with Crippen LogP contribution in [0.3, 0.4) is 0 Å². The Hall–Kier alpha value is -2.24. The van der Waals surface area contributed by atoms with Crippen molar-refractivity contribution in [1.82, 2.24) is 5.32 Å². The molecule has 0 aliphatic carbocycles. The van der Waals surface area contributed by atoms with Gasteiger partial charge in [-0.25, -0.2) is 4.79 Å². The Morgan fingerprint density at radius 2 is 1.95 bits per heavy atom. The Morgan fingerprint density at radius 3 is 2.47 bits per heavy atom. The molecule has 0 spiro atoms. The molecule has 0 atom stereocenters. The predicted molar refractivity (Wildman–Crippen MR) is 76.5 cm³/mol. The van der Waals surface area contributed by atoms with Crippen molar-refractivity contribution in [2.24, 2.45) is 10.7 Å². The number of nitrogens with one attached hydrogen (secondary N) is 2. The Balaban J connectivity index is 2.73. The number of urea groups is 1. The third-order valence-corrected chi connectivity index (χ3v) is 2.50. The van der Waals surface area contributed by atoms with E-state index in [1.54, 1.807) is 26.0 Å². The van der Waals surface area contributed by atoms with Gasteiger partial charge in [-0.05, 0) is 43.5 Å². The number of hydrogen-bond acceptors (Lipinski definition) is 3. The smallest absolute Gasteiger partial charge is 0.326 e. The van der Waals surface area contributed by atoms with E-state index in [4.69, 9.17) is 5.73 Å². The van der Waals surface area contributed by atoms with Crippen LogP contribution in [0, 0.1) is 13.8 Å². The second kappa shape index (κ2) is 6.63. The quantitative estimate of drug-likeness (QED) is 0.381. The molecule has 6 heteroatoms. The van der Waals surface area contributed by atoms with Crippen LogP contribution in [0.4, 0.5) is 10.5 Å². The van der Waals surface area contributed by atoms with Crippen molar-refractivity contribution in [1.29, 1.82) is 0 Å². The van der Waals surface area contributed by atoms with Crippen molar-refractivity contribution in [2.45, 2.75) is 27.2 Å². The van der Waals surface area contributed by atoms with Gasteiger partial charge in [0.1, 0.15) is 5.75 Å². The highest BCUT2D eigenvalue weighted by molar-refractivity contribution is 6.02. The molecule has 1 aromatic carbocycles. The number of aromatic hydroxyl groups is 1. The van der Waals surface area contributed by atoms with Crippen LogP contribution in [-0.4, -0.2) is 23.6 Å². The van der Waals surface area contributed by atoms with Crippen LogP contribution in [-0.2, 0) is 0 Å². The minimum atomic E-state index is -0.450. The fraction of sp³-hybridized carbons (Fsp3) is 0.385. The lowest BCUT2D eigenvalue weighted by molar-refractivity contribution is 0.256. The van der Waals surface area contributed by atoms with E-state index in [0.29, 0.717) is 12.2 Å². The number of aliphatic imine (C=N–C) groups is 1. The highest BCUT2D eigenvalue weighted by Gasteiger charge is 2.09. The number of carbonyl (C=O) groups excluding carboxylic acids is 1. The number of guanidine groups is 1. The molecule has 6 nitrogen and oxygen atoms in total. The lowest BCUT2D eigenvalue weighted by atomic mass is 10.1. The van der Waals surface area contributed by atoms with Crippen LogP contribution in [0.2, 0.25) is 0 Å². The molecule has 0 fully saturated rings. The van der Waals surface area contributed by atoms with E-state index in [2.05, 4.69) is 15.6 Å². The molecule has 19 heavy (non-hydrogen) atoms. The van der Waals surface area contributed by atoms with Gasteiger partial charge in [0, 0.05) is 12.2 Å². The van der Waals surface area contributed by atoms with E-state index in [0.717, 1.165) is 17.5 Å². The van der Waals surface area contributed by atoms with Crippen molar-refractivity contribution in [3.63, 3.8) is 0 Å². The van der Waals surface area contributed by atoms with Gasteiger partial charge in [-0.2, -0.15) is 0 Å². The van der Waals surface area contributed by atoms with Gasteiger partial charge >= 0.3 is 6.03 Å². The summed E-state index contributed by atoms with van der Waals surface area (Å²) in [6.45, 7) is 6.15. The van der Waals surface area contributed by atoms with Crippen LogP contribution in [0.25, 0.3) is 0 Å². The fourth-order valence-electron chi connectivity index (χ4n) is 1.67. The molecule has 104 valence electrons. The standard InChI is InChI=1S/C13H20N4O2/c1-4-5-15-12(14)17-13(19)16-11-8(2)6-10(18)7-9(11)3/h6-7,18H,4-5H2,1-3H3,(H4,14,15,16,17,19). The maximum absolute atomic E-state index is 11.7. The molecule has 0 heterocycles. The number of benzene rings is 1. The molecule has 0 aliphatic rings. The number of hydrogen-bond donors (Lipinski definition) is 4. The van der Waals surface area contributed by atoms with Crippen LogP contribution >= 0.6 is 0 Å². The zero-order valence-corrected chi connectivity index (χ0v) is 11.4. The first kappa shape index (κ1) is 14.8. The molecular weight excluding hydrogens is 244 g/mol. The Labute approximate surface area is 112 Å². The molecule has 0 radical (unpaired) electrons. The first-order chi connectivity index (χ1) is 8.93. The van der Waals surface area contributed by atoms with E-state index >= 15 is 0 Å². The number of rotatable bonds is 3. The number of phenolic OH excluding ortho intramolecular Hbond substituents is 1. The summed E-state index contributed by atoms with van der Waals surface area (Å²) in [7, 11) is 0. The molecule has 0 aromatic heterocycles. The van der Waals surface area contributed by atoms with Gasteiger partial charge in [-0.3, -0.25) is 10.3 Å². The largest absolute Gasteiger partial charge is 0.508 e. The molecule has 0 saturated carbocycles. The predicted octanol–water partition coefficient (Wildman–Crippen LogP) is 1.86. The summed E-state index contributed by atoms with van der Waals surface area (Å²) in [5.74, 6) is 0.262. The summed E-state index contributed by atoms with van der Waals surface area (Å²) in [6, 6.07) is 2.71. The van der Waals surface area contributed by atoms with E-state index in [1.807, 2.05) is 6.92 Å². The third kappa shape index (κ3) is 4.50. The van der Waals surface area contributed by atoms with Crippen LogP contribution in [0.5, 0.6) is 5.75 Å². The van der Waals surface area contributed by atoms with Gasteiger partial charge in [0.05, 0.1) is 0 Å².